The number of benzene rings is 1. The highest BCUT2D eigenvalue weighted by molar-refractivity contribution is 6.07. The summed E-state index contributed by atoms with van der Waals surface area (Å²) in [6.07, 6.45) is 1.87. The Morgan fingerprint density at radius 3 is 2.58 bits per heavy atom. The number of nitrogens with two attached hydrogens (primary N) is 1. The minimum Gasteiger partial charge on any atom is -0.477 e. The molecule has 3 aromatic rings. The second kappa shape index (κ2) is 5.52. The minimum atomic E-state index is -1.32. The number of pyridine rings is 1. The standard InChI is InChI=1S/C17H18N4O3/c1-4-21-15-10(12-8-20(3)19-9(12)2)6-5-7-11(15)14(18)13(16(21)22)17(23)24/h5-8H,4,18H2,1-3H3,(H,23,24). The SMILES string of the molecule is CCn1c(=O)c(C(=O)O)c(N)c2cccc(-c3cn(C)nc3C)c21. The molecule has 7 heteroatoms. The number of aryl methyl sites for hydroxylation is 3. The number of nitrogens with zero attached hydrogens (tertiary/aromatic N) is 3. The number of para-hydroxylation sites is 1. The maximum atomic E-state index is 12.6. The van der Waals surface area contributed by atoms with Crippen molar-refractivity contribution in [1.82, 2.24) is 14.3 Å². The van der Waals surface area contributed by atoms with Crippen LogP contribution in [0.25, 0.3) is 22.0 Å². The second-order valence-corrected chi connectivity index (χ2v) is 5.65. The number of rotatable bonds is 3. The van der Waals surface area contributed by atoms with Crippen LogP contribution in [0.1, 0.15) is 23.0 Å². The molecule has 0 amide bonds. The van der Waals surface area contributed by atoms with Crippen LogP contribution in [0.5, 0.6) is 0 Å². The summed E-state index contributed by atoms with van der Waals surface area (Å²) < 4.78 is 3.16. The van der Waals surface area contributed by atoms with Gasteiger partial charge in [-0.05, 0) is 13.8 Å². The Morgan fingerprint density at radius 2 is 2.04 bits per heavy atom. The van der Waals surface area contributed by atoms with Gasteiger partial charge < -0.3 is 15.4 Å². The molecule has 7 nitrogen and oxygen atoms in total. The average Bonchev–Trinajstić information content (AvgIpc) is 2.85. The summed E-state index contributed by atoms with van der Waals surface area (Å²) in [4.78, 5) is 24.1. The molecule has 3 N–H and O–H groups in total. The average molecular weight is 326 g/mol. The van der Waals surface area contributed by atoms with Crippen LogP contribution in [0.3, 0.4) is 0 Å². The van der Waals surface area contributed by atoms with Crippen molar-refractivity contribution in [3.05, 3.63) is 46.0 Å². The first kappa shape index (κ1) is 15.8. The highest BCUT2D eigenvalue weighted by Gasteiger charge is 2.22. The molecule has 2 aromatic heterocycles. The van der Waals surface area contributed by atoms with E-state index < -0.39 is 11.5 Å². The molecule has 0 spiro atoms. The van der Waals surface area contributed by atoms with Crippen molar-refractivity contribution in [2.75, 3.05) is 5.73 Å². The maximum Gasteiger partial charge on any atom is 0.343 e. The molecule has 0 radical (unpaired) electrons. The number of hydrogen-bond acceptors (Lipinski definition) is 4. The van der Waals surface area contributed by atoms with Gasteiger partial charge >= 0.3 is 5.97 Å². The molecule has 0 saturated carbocycles. The van der Waals surface area contributed by atoms with Crippen molar-refractivity contribution in [1.29, 1.82) is 0 Å². The summed E-state index contributed by atoms with van der Waals surface area (Å²) in [7, 11) is 1.82. The quantitative estimate of drug-likeness (QED) is 0.766. The number of aromatic carboxylic acids is 1. The molecular weight excluding hydrogens is 308 g/mol. The first-order valence-corrected chi connectivity index (χ1v) is 7.55. The summed E-state index contributed by atoms with van der Waals surface area (Å²) in [6.45, 7) is 4.03. The third kappa shape index (κ3) is 2.17. The molecule has 0 unspecified atom stereocenters. The normalized spacial score (nSPS) is 11.1. The van der Waals surface area contributed by atoms with Crippen LogP contribution in [0.2, 0.25) is 0 Å². The molecular formula is C17H18N4O3. The molecule has 0 fully saturated rings. The molecule has 124 valence electrons. The number of carbonyl (C=O) groups is 1. The van der Waals surface area contributed by atoms with Gasteiger partial charge in [-0.3, -0.25) is 9.48 Å². The zero-order valence-electron chi connectivity index (χ0n) is 13.7. The predicted molar refractivity (Wildman–Crippen MR) is 92.2 cm³/mol. The van der Waals surface area contributed by atoms with Gasteiger partial charge in [-0.15, -0.1) is 0 Å². The number of carboxylic acid groups (broad SMARTS) is 1. The van der Waals surface area contributed by atoms with Gasteiger partial charge in [0.1, 0.15) is 5.56 Å². The van der Waals surface area contributed by atoms with Gasteiger partial charge in [0.05, 0.1) is 16.9 Å². The van der Waals surface area contributed by atoms with Gasteiger partial charge in [0.2, 0.25) is 0 Å². The van der Waals surface area contributed by atoms with E-state index in [-0.39, 0.29) is 11.3 Å². The lowest BCUT2D eigenvalue weighted by atomic mass is 10.00. The molecule has 3 rings (SSSR count). The number of anilines is 1. The Kier molecular flexibility index (Phi) is 3.63. The fourth-order valence-electron chi connectivity index (χ4n) is 3.13. The van der Waals surface area contributed by atoms with Crippen molar-refractivity contribution in [2.24, 2.45) is 7.05 Å². The Morgan fingerprint density at radius 1 is 1.33 bits per heavy atom. The molecule has 0 saturated heterocycles. The van der Waals surface area contributed by atoms with Crippen LogP contribution >= 0.6 is 0 Å². The second-order valence-electron chi connectivity index (χ2n) is 5.65. The smallest absolute Gasteiger partial charge is 0.343 e. The number of hydrogen-bond donors (Lipinski definition) is 2. The monoisotopic (exact) mass is 326 g/mol. The van der Waals surface area contributed by atoms with E-state index in [4.69, 9.17) is 5.73 Å². The highest BCUT2D eigenvalue weighted by Crippen LogP contribution is 2.33. The third-order valence-electron chi connectivity index (χ3n) is 4.16. The number of aromatic nitrogens is 3. The largest absolute Gasteiger partial charge is 0.477 e. The van der Waals surface area contributed by atoms with E-state index in [1.54, 1.807) is 23.7 Å². The molecule has 0 atom stereocenters. The van der Waals surface area contributed by atoms with Crippen LogP contribution in [0.4, 0.5) is 5.69 Å². The molecule has 1 aromatic carbocycles. The van der Waals surface area contributed by atoms with E-state index in [0.717, 1.165) is 16.8 Å². The summed E-state index contributed by atoms with van der Waals surface area (Å²) >= 11 is 0. The first-order valence-electron chi connectivity index (χ1n) is 7.55. The van der Waals surface area contributed by atoms with Crippen LogP contribution in [0.15, 0.2) is 29.2 Å². The van der Waals surface area contributed by atoms with E-state index in [0.29, 0.717) is 17.4 Å². The van der Waals surface area contributed by atoms with Crippen molar-refractivity contribution >= 4 is 22.6 Å². The van der Waals surface area contributed by atoms with Gasteiger partial charge in [0, 0.05) is 36.3 Å². The summed E-state index contributed by atoms with van der Waals surface area (Å²) in [5.41, 5.74) is 8.17. The topological polar surface area (TPSA) is 103 Å². The molecule has 2 heterocycles. The fraction of sp³-hybridized carbons (Fsp3) is 0.235. The van der Waals surface area contributed by atoms with Crippen molar-refractivity contribution < 1.29 is 9.90 Å². The lowest BCUT2D eigenvalue weighted by Gasteiger charge is -2.16. The molecule has 0 bridgehead atoms. The van der Waals surface area contributed by atoms with Gasteiger partial charge in [0.25, 0.3) is 5.56 Å². The Balaban J connectivity index is 2.54. The zero-order valence-corrected chi connectivity index (χ0v) is 13.7. The molecule has 24 heavy (non-hydrogen) atoms. The van der Waals surface area contributed by atoms with Gasteiger partial charge in [-0.2, -0.15) is 5.10 Å². The Hall–Kier alpha value is -3.09. The van der Waals surface area contributed by atoms with E-state index in [2.05, 4.69) is 5.10 Å². The number of nitrogen functional groups attached to an aromatic ring is 1. The van der Waals surface area contributed by atoms with Crippen molar-refractivity contribution in [3.63, 3.8) is 0 Å². The van der Waals surface area contributed by atoms with Gasteiger partial charge in [-0.25, -0.2) is 4.79 Å². The summed E-state index contributed by atoms with van der Waals surface area (Å²) in [5, 5.41) is 14.2. The van der Waals surface area contributed by atoms with Crippen LogP contribution < -0.4 is 11.3 Å². The number of carboxylic acids is 1. The lowest BCUT2D eigenvalue weighted by molar-refractivity contribution is 0.0695. The number of fused-ring (bicyclic) bond motifs is 1. The highest BCUT2D eigenvalue weighted by atomic mass is 16.4. The maximum absolute atomic E-state index is 12.6. The summed E-state index contributed by atoms with van der Waals surface area (Å²) in [6, 6.07) is 5.42. The molecule has 0 aliphatic heterocycles. The lowest BCUT2D eigenvalue weighted by Crippen LogP contribution is -2.28. The van der Waals surface area contributed by atoms with Crippen molar-refractivity contribution in [3.8, 4) is 11.1 Å². The Labute approximate surface area is 137 Å². The van der Waals surface area contributed by atoms with E-state index in [1.807, 2.05) is 26.2 Å². The predicted octanol–water partition coefficient (Wildman–Crippen LogP) is 2.01. The minimum absolute atomic E-state index is 0.00408. The zero-order chi connectivity index (χ0) is 17.6. The molecule has 0 aliphatic carbocycles. The van der Waals surface area contributed by atoms with Crippen LogP contribution in [-0.2, 0) is 13.6 Å². The van der Waals surface area contributed by atoms with Crippen molar-refractivity contribution in [2.45, 2.75) is 20.4 Å². The third-order valence-corrected chi connectivity index (χ3v) is 4.16. The fourth-order valence-corrected chi connectivity index (χ4v) is 3.13. The first-order chi connectivity index (χ1) is 11.4. The molecule has 0 aliphatic rings. The van der Waals surface area contributed by atoms with Crippen LogP contribution in [0, 0.1) is 6.92 Å². The summed E-state index contributed by atoms with van der Waals surface area (Å²) in [5.74, 6) is -1.32. The van der Waals surface area contributed by atoms with E-state index >= 15 is 0 Å². The Bertz CT molecular complexity index is 1030. The van der Waals surface area contributed by atoms with Gasteiger partial charge in [0.15, 0.2) is 0 Å². The van der Waals surface area contributed by atoms with E-state index in [1.165, 1.54) is 4.57 Å². The van der Waals surface area contributed by atoms with Gasteiger partial charge in [-0.1, -0.05) is 18.2 Å². The van der Waals surface area contributed by atoms with Crippen LogP contribution in [-0.4, -0.2) is 25.4 Å². The van der Waals surface area contributed by atoms with E-state index in [9.17, 15) is 14.7 Å².